The summed E-state index contributed by atoms with van der Waals surface area (Å²) < 4.78 is 27.1. The Balaban J connectivity index is 2.70. The van der Waals surface area contributed by atoms with Gasteiger partial charge in [0.05, 0.1) is 10.6 Å². The Morgan fingerprint density at radius 1 is 1.00 bits per heavy atom. The van der Waals surface area contributed by atoms with Crippen LogP contribution in [0.15, 0.2) is 36.4 Å². The molecule has 0 amide bonds. The molecule has 0 bridgehead atoms. The summed E-state index contributed by atoms with van der Waals surface area (Å²) in [6.45, 7) is 0. The zero-order valence-corrected chi connectivity index (χ0v) is 9.30. The van der Waals surface area contributed by atoms with Crippen molar-refractivity contribution in [1.29, 1.82) is 5.26 Å². The van der Waals surface area contributed by atoms with Gasteiger partial charge in [-0.3, -0.25) is 0 Å². The van der Waals surface area contributed by atoms with Crippen LogP contribution in [-0.2, 0) is 0 Å². The smallest absolute Gasteiger partial charge is 0.148 e. The van der Waals surface area contributed by atoms with E-state index in [4.69, 9.17) is 16.9 Å². The van der Waals surface area contributed by atoms with Gasteiger partial charge in [-0.25, -0.2) is 8.78 Å². The van der Waals surface area contributed by atoms with E-state index in [1.807, 2.05) is 0 Å². The fraction of sp³-hybridized carbons (Fsp3) is 0. The number of hydrogen-bond donors (Lipinski definition) is 0. The van der Waals surface area contributed by atoms with Gasteiger partial charge < -0.3 is 0 Å². The second-order valence-corrected chi connectivity index (χ2v) is 3.76. The van der Waals surface area contributed by atoms with E-state index in [0.717, 1.165) is 0 Å². The molecule has 0 heterocycles. The standard InChI is InChI=1S/C13H6ClF2N/c14-12-9(4-2-6-11(12)15)10-5-1-3-8(7-17)13(10)16/h1-6H. The predicted molar refractivity (Wildman–Crippen MR) is 61.5 cm³/mol. The fourth-order valence-electron chi connectivity index (χ4n) is 1.54. The number of hydrogen-bond acceptors (Lipinski definition) is 1. The third kappa shape index (κ3) is 2.00. The Bertz CT molecular complexity index is 617. The van der Waals surface area contributed by atoms with Gasteiger partial charge in [0.1, 0.15) is 17.7 Å². The Hall–Kier alpha value is -1.92. The predicted octanol–water partition coefficient (Wildman–Crippen LogP) is 4.16. The van der Waals surface area contributed by atoms with Crippen molar-refractivity contribution in [3.05, 3.63) is 58.6 Å². The van der Waals surface area contributed by atoms with E-state index in [1.165, 1.54) is 36.4 Å². The average Bonchev–Trinajstić information content (AvgIpc) is 2.33. The van der Waals surface area contributed by atoms with Crippen LogP contribution in [0.25, 0.3) is 11.1 Å². The Morgan fingerprint density at radius 3 is 2.35 bits per heavy atom. The van der Waals surface area contributed by atoms with Crippen LogP contribution in [0.3, 0.4) is 0 Å². The van der Waals surface area contributed by atoms with Crippen molar-refractivity contribution in [3.8, 4) is 17.2 Å². The van der Waals surface area contributed by atoms with Crippen molar-refractivity contribution in [2.24, 2.45) is 0 Å². The summed E-state index contributed by atoms with van der Waals surface area (Å²) in [4.78, 5) is 0. The number of halogens is 3. The van der Waals surface area contributed by atoms with E-state index in [1.54, 1.807) is 6.07 Å². The van der Waals surface area contributed by atoms with Crippen molar-refractivity contribution in [2.75, 3.05) is 0 Å². The first-order chi connectivity index (χ1) is 8.15. The molecular formula is C13H6ClF2N. The third-order valence-corrected chi connectivity index (χ3v) is 2.75. The van der Waals surface area contributed by atoms with E-state index in [-0.39, 0.29) is 21.7 Å². The maximum absolute atomic E-state index is 13.9. The van der Waals surface area contributed by atoms with E-state index in [9.17, 15) is 8.78 Å². The summed E-state index contributed by atoms with van der Waals surface area (Å²) in [7, 11) is 0. The highest BCUT2D eigenvalue weighted by Crippen LogP contribution is 2.32. The lowest BCUT2D eigenvalue weighted by Gasteiger charge is -2.07. The molecule has 0 saturated heterocycles. The lowest BCUT2D eigenvalue weighted by molar-refractivity contribution is 0.623. The molecule has 0 unspecified atom stereocenters. The molecule has 0 fully saturated rings. The van der Waals surface area contributed by atoms with E-state index >= 15 is 0 Å². The van der Waals surface area contributed by atoms with Gasteiger partial charge in [-0.15, -0.1) is 0 Å². The minimum Gasteiger partial charge on any atom is -0.205 e. The molecule has 0 radical (unpaired) electrons. The molecule has 2 rings (SSSR count). The third-order valence-electron chi connectivity index (χ3n) is 2.36. The monoisotopic (exact) mass is 249 g/mol. The normalized spacial score (nSPS) is 10.0. The second kappa shape index (κ2) is 4.52. The molecule has 0 saturated carbocycles. The molecule has 1 nitrogen and oxygen atoms in total. The van der Waals surface area contributed by atoms with Crippen molar-refractivity contribution in [2.45, 2.75) is 0 Å². The van der Waals surface area contributed by atoms with Crippen LogP contribution in [0.5, 0.6) is 0 Å². The highest BCUT2D eigenvalue weighted by atomic mass is 35.5. The van der Waals surface area contributed by atoms with Crippen molar-refractivity contribution < 1.29 is 8.78 Å². The molecule has 0 aromatic heterocycles. The highest BCUT2D eigenvalue weighted by Gasteiger charge is 2.14. The minimum atomic E-state index is -0.692. The van der Waals surface area contributed by atoms with Gasteiger partial charge in [0.2, 0.25) is 0 Å². The summed E-state index contributed by atoms with van der Waals surface area (Å²) >= 11 is 5.77. The molecule has 84 valence electrons. The van der Waals surface area contributed by atoms with Gasteiger partial charge in [-0.05, 0) is 12.1 Å². The molecule has 4 heteroatoms. The van der Waals surface area contributed by atoms with E-state index in [2.05, 4.69) is 0 Å². The molecule has 0 spiro atoms. The Kier molecular flexibility index (Phi) is 3.08. The molecule has 2 aromatic carbocycles. The maximum atomic E-state index is 13.9. The zero-order valence-electron chi connectivity index (χ0n) is 8.55. The topological polar surface area (TPSA) is 23.8 Å². The van der Waals surface area contributed by atoms with Gasteiger partial charge in [0, 0.05) is 11.1 Å². The summed E-state index contributed by atoms with van der Waals surface area (Å²) in [5, 5.41) is 8.57. The Morgan fingerprint density at radius 2 is 1.65 bits per heavy atom. The van der Waals surface area contributed by atoms with Crippen LogP contribution >= 0.6 is 11.6 Å². The van der Waals surface area contributed by atoms with Gasteiger partial charge in [0.25, 0.3) is 0 Å². The number of rotatable bonds is 1. The molecule has 2 aromatic rings. The van der Waals surface area contributed by atoms with Crippen LogP contribution in [0.4, 0.5) is 8.78 Å². The molecular weight excluding hydrogens is 244 g/mol. The quantitative estimate of drug-likeness (QED) is 0.745. The lowest BCUT2D eigenvalue weighted by atomic mass is 10.0. The summed E-state index contributed by atoms with van der Waals surface area (Å²) in [6.07, 6.45) is 0. The van der Waals surface area contributed by atoms with Crippen LogP contribution < -0.4 is 0 Å². The van der Waals surface area contributed by atoms with Crippen LogP contribution in [-0.4, -0.2) is 0 Å². The van der Waals surface area contributed by atoms with Crippen molar-refractivity contribution in [1.82, 2.24) is 0 Å². The van der Waals surface area contributed by atoms with Gasteiger partial charge in [-0.2, -0.15) is 5.26 Å². The Labute approximate surface area is 102 Å². The molecule has 0 N–H and O–H groups in total. The molecule has 0 aliphatic heterocycles. The largest absolute Gasteiger partial charge is 0.205 e. The first-order valence-corrected chi connectivity index (χ1v) is 5.16. The maximum Gasteiger partial charge on any atom is 0.148 e. The molecule has 17 heavy (non-hydrogen) atoms. The summed E-state index contributed by atoms with van der Waals surface area (Å²) in [6, 6.07) is 10.2. The van der Waals surface area contributed by atoms with Crippen molar-refractivity contribution >= 4 is 11.6 Å². The van der Waals surface area contributed by atoms with Crippen molar-refractivity contribution in [3.63, 3.8) is 0 Å². The van der Waals surface area contributed by atoms with Gasteiger partial charge in [-0.1, -0.05) is 35.9 Å². The minimum absolute atomic E-state index is 0.0946. The molecule has 0 aliphatic carbocycles. The first-order valence-electron chi connectivity index (χ1n) is 4.78. The lowest BCUT2D eigenvalue weighted by Crippen LogP contribution is -1.91. The fourth-order valence-corrected chi connectivity index (χ4v) is 1.77. The SMILES string of the molecule is N#Cc1cccc(-c2cccc(F)c2Cl)c1F. The van der Waals surface area contributed by atoms with Crippen LogP contribution in [0.1, 0.15) is 5.56 Å². The average molecular weight is 250 g/mol. The summed E-state index contributed by atoms with van der Waals surface area (Å²) in [5.41, 5.74) is 0.262. The van der Waals surface area contributed by atoms with Crippen LogP contribution in [0, 0.1) is 23.0 Å². The van der Waals surface area contributed by atoms with Gasteiger partial charge >= 0.3 is 0 Å². The second-order valence-electron chi connectivity index (χ2n) is 3.38. The van der Waals surface area contributed by atoms with Crippen LogP contribution in [0.2, 0.25) is 5.02 Å². The first kappa shape index (κ1) is 11.6. The zero-order chi connectivity index (χ0) is 12.4. The molecule has 0 aliphatic rings. The van der Waals surface area contributed by atoms with E-state index < -0.39 is 11.6 Å². The number of nitriles is 1. The molecule has 0 atom stereocenters. The summed E-state index contributed by atoms with van der Waals surface area (Å²) in [5.74, 6) is -1.31. The van der Waals surface area contributed by atoms with Gasteiger partial charge in [0.15, 0.2) is 0 Å². The number of benzene rings is 2. The van der Waals surface area contributed by atoms with E-state index in [0.29, 0.717) is 0 Å². The highest BCUT2D eigenvalue weighted by molar-refractivity contribution is 6.33. The number of nitrogens with zero attached hydrogens (tertiary/aromatic N) is 1.